The van der Waals surface area contributed by atoms with Crippen molar-refractivity contribution in [2.24, 2.45) is 5.92 Å². The molecule has 0 aromatic rings. The van der Waals surface area contributed by atoms with Gasteiger partial charge in [0.05, 0.1) is 0 Å². The second kappa shape index (κ2) is 3.11. The van der Waals surface area contributed by atoms with Gasteiger partial charge in [-0.25, -0.2) is 0 Å². The molecular weight excluding hydrogens is 144 g/mol. The van der Waals surface area contributed by atoms with Crippen LogP contribution in [-0.2, 0) is 0 Å². The van der Waals surface area contributed by atoms with Crippen molar-refractivity contribution in [3.05, 3.63) is 0 Å². The number of nitrogens with one attached hydrogen (secondary N) is 2. The van der Waals surface area contributed by atoms with Gasteiger partial charge in [-0.1, -0.05) is 0 Å². The Kier molecular flexibility index (Phi) is 2.16. The van der Waals surface area contributed by atoms with Gasteiger partial charge < -0.3 is 10.6 Å². The number of thioether (sulfide) groups is 1. The lowest BCUT2D eigenvalue weighted by Crippen LogP contribution is -2.58. The summed E-state index contributed by atoms with van der Waals surface area (Å²) in [5.74, 6) is 3.53. The van der Waals surface area contributed by atoms with Crippen molar-refractivity contribution in [1.82, 2.24) is 10.6 Å². The van der Waals surface area contributed by atoms with Crippen LogP contribution in [0.1, 0.15) is 0 Å². The first-order chi connectivity index (χ1) is 4.97. The molecule has 0 saturated carbocycles. The minimum Gasteiger partial charge on any atom is -0.316 e. The molecule has 2 atom stereocenters. The highest BCUT2D eigenvalue weighted by atomic mass is 32.2. The molecule has 0 aromatic heterocycles. The van der Waals surface area contributed by atoms with Crippen molar-refractivity contribution < 1.29 is 0 Å². The second-order valence-corrected chi connectivity index (χ2v) is 4.20. The smallest absolute Gasteiger partial charge is 0.0210 e. The first-order valence-corrected chi connectivity index (χ1v) is 5.14. The Morgan fingerprint density at radius 1 is 1.30 bits per heavy atom. The van der Waals surface area contributed by atoms with Gasteiger partial charge in [0.1, 0.15) is 0 Å². The van der Waals surface area contributed by atoms with Crippen LogP contribution in [0.3, 0.4) is 0 Å². The first kappa shape index (κ1) is 6.95. The van der Waals surface area contributed by atoms with E-state index >= 15 is 0 Å². The molecule has 2 saturated heterocycles. The normalized spacial score (nSPS) is 40.8. The van der Waals surface area contributed by atoms with Crippen molar-refractivity contribution >= 4 is 11.8 Å². The van der Waals surface area contributed by atoms with Gasteiger partial charge in [-0.15, -0.1) is 0 Å². The molecular formula is C7H14N2S. The van der Waals surface area contributed by atoms with Gasteiger partial charge in [0, 0.05) is 37.2 Å². The molecule has 0 spiro atoms. The lowest BCUT2D eigenvalue weighted by Gasteiger charge is -2.39. The molecule has 2 heterocycles. The number of hydrogen-bond acceptors (Lipinski definition) is 3. The third-order valence-electron chi connectivity index (χ3n) is 2.34. The summed E-state index contributed by atoms with van der Waals surface area (Å²) in [7, 11) is 0. The maximum absolute atomic E-state index is 3.46. The molecule has 3 heteroatoms. The van der Waals surface area contributed by atoms with Gasteiger partial charge in [-0.05, 0) is 5.92 Å². The maximum atomic E-state index is 3.46. The maximum Gasteiger partial charge on any atom is 0.0210 e. The van der Waals surface area contributed by atoms with Crippen molar-refractivity contribution in [2.75, 3.05) is 31.1 Å². The molecule has 2 aliphatic rings. The Morgan fingerprint density at radius 2 is 2.30 bits per heavy atom. The topological polar surface area (TPSA) is 24.1 Å². The summed E-state index contributed by atoms with van der Waals surface area (Å²) in [6.07, 6.45) is 0. The highest BCUT2D eigenvalue weighted by Gasteiger charge is 2.29. The van der Waals surface area contributed by atoms with E-state index in [0.717, 1.165) is 12.0 Å². The highest BCUT2D eigenvalue weighted by molar-refractivity contribution is 7.99. The van der Waals surface area contributed by atoms with Crippen molar-refractivity contribution in [3.8, 4) is 0 Å². The second-order valence-electron chi connectivity index (χ2n) is 3.05. The van der Waals surface area contributed by atoms with E-state index in [4.69, 9.17) is 0 Å². The number of fused-ring (bicyclic) bond motifs is 1. The van der Waals surface area contributed by atoms with Gasteiger partial charge in [0.15, 0.2) is 0 Å². The largest absolute Gasteiger partial charge is 0.316 e. The quantitative estimate of drug-likeness (QED) is 0.515. The van der Waals surface area contributed by atoms with Crippen molar-refractivity contribution in [3.63, 3.8) is 0 Å². The van der Waals surface area contributed by atoms with Crippen LogP contribution in [0.4, 0.5) is 0 Å². The van der Waals surface area contributed by atoms with E-state index < -0.39 is 0 Å². The van der Waals surface area contributed by atoms with Crippen LogP contribution in [0.25, 0.3) is 0 Å². The molecule has 0 radical (unpaired) electrons. The Labute approximate surface area is 66.1 Å². The minimum atomic E-state index is 0.817. The lowest BCUT2D eigenvalue weighted by atomic mass is 9.93. The first-order valence-electron chi connectivity index (χ1n) is 3.98. The van der Waals surface area contributed by atoms with E-state index in [0.29, 0.717) is 0 Å². The predicted octanol–water partition coefficient (Wildman–Crippen LogP) is -0.0892. The predicted molar refractivity (Wildman–Crippen MR) is 45.5 cm³/mol. The Bertz CT molecular complexity index is 104. The Morgan fingerprint density at radius 3 is 3.10 bits per heavy atom. The molecule has 2 rings (SSSR count). The van der Waals surface area contributed by atoms with Crippen LogP contribution in [0.2, 0.25) is 0 Å². The van der Waals surface area contributed by atoms with Crippen molar-refractivity contribution in [1.29, 1.82) is 0 Å². The SMILES string of the molecule is C1CSCC2NCC2CN1. The van der Waals surface area contributed by atoms with E-state index in [1.165, 1.54) is 31.1 Å². The third-order valence-corrected chi connectivity index (χ3v) is 3.43. The summed E-state index contributed by atoms with van der Waals surface area (Å²) >= 11 is 2.07. The lowest BCUT2D eigenvalue weighted by molar-refractivity contribution is 0.246. The van der Waals surface area contributed by atoms with Crippen LogP contribution >= 0.6 is 11.8 Å². The fourth-order valence-electron chi connectivity index (χ4n) is 1.50. The molecule has 2 aliphatic heterocycles. The highest BCUT2D eigenvalue weighted by Crippen LogP contribution is 2.18. The number of rotatable bonds is 0. The Balaban J connectivity index is 1.83. The van der Waals surface area contributed by atoms with Crippen LogP contribution in [-0.4, -0.2) is 37.2 Å². The summed E-state index contributed by atoms with van der Waals surface area (Å²) < 4.78 is 0. The fraction of sp³-hybridized carbons (Fsp3) is 1.00. The van der Waals surface area contributed by atoms with E-state index in [-0.39, 0.29) is 0 Å². The monoisotopic (exact) mass is 158 g/mol. The molecule has 2 nitrogen and oxygen atoms in total. The molecule has 0 amide bonds. The van der Waals surface area contributed by atoms with Crippen molar-refractivity contribution in [2.45, 2.75) is 6.04 Å². The number of hydrogen-bond donors (Lipinski definition) is 2. The van der Waals surface area contributed by atoms with Gasteiger partial charge in [0.2, 0.25) is 0 Å². The van der Waals surface area contributed by atoms with Gasteiger partial charge in [0.25, 0.3) is 0 Å². The molecule has 0 aliphatic carbocycles. The summed E-state index contributed by atoms with van der Waals surface area (Å²) in [6, 6.07) is 0.817. The molecule has 0 aromatic carbocycles. The van der Waals surface area contributed by atoms with Crippen LogP contribution in [0.5, 0.6) is 0 Å². The summed E-state index contributed by atoms with van der Waals surface area (Å²) in [4.78, 5) is 0. The third kappa shape index (κ3) is 1.31. The van der Waals surface area contributed by atoms with E-state index in [2.05, 4.69) is 22.4 Å². The van der Waals surface area contributed by atoms with Crippen LogP contribution in [0, 0.1) is 5.92 Å². The van der Waals surface area contributed by atoms with E-state index in [9.17, 15) is 0 Å². The molecule has 2 fully saturated rings. The fourth-order valence-corrected chi connectivity index (χ4v) is 2.60. The average Bonchev–Trinajstić information content (AvgIpc) is 1.89. The minimum absolute atomic E-state index is 0.817. The summed E-state index contributed by atoms with van der Waals surface area (Å²) in [6.45, 7) is 3.67. The molecule has 0 bridgehead atoms. The zero-order valence-corrected chi connectivity index (χ0v) is 6.91. The average molecular weight is 158 g/mol. The van der Waals surface area contributed by atoms with Gasteiger partial charge in [-0.3, -0.25) is 0 Å². The zero-order valence-electron chi connectivity index (χ0n) is 6.10. The molecule has 10 heavy (non-hydrogen) atoms. The van der Waals surface area contributed by atoms with Crippen LogP contribution in [0.15, 0.2) is 0 Å². The molecule has 58 valence electrons. The van der Waals surface area contributed by atoms with Gasteiger partial charge in [-0.2, -0.15) is 11.8 Å². The van der Waals surface area contributed by atoms with E-state index in [1.807, 2.05) is 0 Å². The molecule has 2 unspecified atom stereocenters. The van der Waals surface area contributed by atoms with Gasteiger partial charge >= 0.3 is 0 Å². The Hall–Kier alpha value is 0.270. The summed E-state index contributed by atoms with van der Waals surface area (Å²) in [5, 5.41) is 6.91. The van der Waals surface area contributed by atoms with E-state index in [1.54, 1.807) is 0 Å². The summed E-state index contributed by atoms with van der Waals surface area (Å²) in [5.41, 5.74) is 0. The van der Waals surface area contributed by atoms with Crippen LogP contribution < -0.4 is 10.6 Å². The molecule has 2 N–H and O–H groups in total. The standard InChI is InChI=1S/C7H14N2S/c1-2-10-5-7-6(3-8-1)4-9-7/h6-9H,1-5H2. The zero-order chi connectivity index (χ0) is 6.81.